The van der Waals surface area contributed by atoms with E-state index in [1.165, 1.54) is 7.11 Å². The fourth-order valence-corrected chi connectivity index (χ4v) is 1.40. The highest BCUT2D eigenvalue weighted by Crippen LogP contribution is 2.20. The lowest BCUT2D eigenvalue weighted by Gasteiger charge is -2.06. The SMILES string of the molecule is COc1n[nH]c(NC(=O)Nc2ccccc2Cl)n1. The lowest BCUT2D eigenvalue weighted by Crippen LogP contribution is -2.20. The number of ether oxygens (including phenoxy) is 1. The normalized spacial score (nSPS) is 9.89. The Hall–Kier alpha value is -2.28. The molecule has 0 saturated heterocycles. The van der Waals surface area contributed by atoms with Crippen molar-refractivity contribution in [2.45, 2.75) is 0 Å². The van der Waals surface area contributed by atoms with Crippen molar-refractivity contribution >= 4 is 29.3 Å². The van der Waals surface area contributed by atoms with E-state index < -0.39 is 6.03 Å². The monoisotopic (exact) mass is 267 g/mol. The van der Waals surface area contributed by atoms with Crippen molar-refractivity contribution in [3.05, 3.63) is 29.3 Å². The quantitative estimate of drug-likeness (QED) is 0.794. The van der Waals surface area contributed by atoms with Gasteiger partial charge in [0.15, 0.2) is 0 Å². The van der Waals surface area contributed by atoms with E-state index in [2.05, 4.69) is 25.8 Å². The van der Waals surface area contributed by atoms with Crippen LogP contribution in [0.2, 0.25) is 5.02 Å². The molecule has 8 heteroatoms. The van der Waals surface area contributed by atoms with E-state index in [0.29, 0.717) is 10.7 Å². The highest BCUT2D eigenvalue weighted by molar-refractivity contribution is 6.33. The first kappa shape index (κ1) is 12.2. The molecule has 0 bridgehead atoms. The first-order valence-corrected chi connectivity index (χ1v) is 5.36. The Morgan fingerprint density at radius 3 is 2.83 bits per heavy atom. The number of nitrogens with zero attached hydrogens (tertiary/aromatic N) is 2. The zero-order valence-corrected chi connectivity index (χ0v) is 10.2. The van der Waals surface area contributed by atoms with Crippen LogP contribution in [0.15, 0.2) is 24.3 Å². The molecule has 1 aromatic heterocycles. The molecule has 2 rings (SSSR count). The van der Waals surface area contributed by atoms with Gasteiger partial charge in [-0.3, -0.25) is 5.32 Å². The average molecular weight is 268 g/mol. The van der Waals surface area contributed by atoms with Crippen molar-refractivity contribution in [3.8, 4) is 6.01 Å². The van der Waals surface area contributed by atoms with Gasteiger partial charge in [-0.15, -0.1) is 5.10 Å². The molecular weight excluding hydrogens is 258 g/mol. The minimum absolute atomic E-state index is 0.142. The molecule has 94 valence electrons. The molecule has 3 N–H and O–H groups in total. The fourth-order valence-electron chi connectivity index (χ4n) is 1.22. The van der Waals surface area contributed by atoms with Gasteiger partial charge in [0.1, 0.15) is 0 Å². The summed E-state index contributed by atoms with van der Waals surface area (Å²) >= 11 is 5.90. The molecule has 2 amide bonds. The van der Waals surface area contributed by atoms with E-state index in [-0.39, 0.29) is 12.0 Å². The number of carbonyl (C=O) groups excluding carboxylic acids is 1. The van der Waals surface area contributed by atoms with Gasteiger partial charge in [0.2, 0.25) is 5.95 Å². The van der Waals surface area contributed by atoms with Crippen molar-refractivity contribution < 1.29 is 9.53 Å². The van der Waals surface area contributed by atoms with E-state index >= 15 is 0 Å². The highest BCUT2D eigenvalue weighted by Gasteiger charge is 2.08. The summed E-state index contributed by atoms with van der Waals surface area (Å²) in [5, 5.41) is 11.7. The van der Waals surface area contributed by atoms with Crippen molar-refractivity contribution in [1.82, 2.24) is 15.2 Å². The molecular formula is C10H10ClN5O2. The van der Waals surface area contributed by atoms with Crippen LogP contribution < -0.4 is 15.4 Å². The molecule has 7 nitrogen and oxygen atoms in total. The van der Waals surface area contributed by atoms with Crippen LogP contribution in [0.1, 0.15) is 0 Å². The highest BCUT2D eigenvalue weighted by atomic mass is 35.5. The number of carbonyl (C=O) groups is 1. The average Bonchev–Trinajstić information content (AvgIpc) is 2.80. The van der Waals surface area contributed by atoms with E-state index in [4.69, 9.17) is 16.3 Å². The summed E-state index contributed by atoms with van der Waals surface area (Å²) in [6.07, 6.45) is 0. The summed E-state index contributed by atoms with van der Waals surface area (Å²) in [6, 6.07) is 6.55. The Morgan fingerprint density at radius 2 is 2.17 bits per heavy atom. The van der Waals surface area contributed by atoms with Crippen molar-refractivity contribution in [1.29, 1.82) is 0 Å². The Morgan fingerprint density at radius 1 is 1.39 bits per heavy atom. The minimum Gasteiger partial charge on any atom is -0.466 e. The van der Waals surface area contributed by atoms with Crippen LogP contribution in [0, 0.1) is 0 Å². The number of urea groups is 1. The van der Waals surface area contributed by atoms with E-state index in [1.54, 1.807) is 24.3 Å². The van der Waals surface area contributed by atoms with Crippen LogP contribution in [-0.4, -0.2) is 28.3 Å². The van der Waals surface area contributed by atoms with Gasteiger partial charge in [-0.2, -0.15) is 4.98 Å². The maximum Gasteiger partial charge on any atom is 0.336 e. The molecule has 0 fully saturated rings. The lowest BCUT2D eigenvalue weighted by molar-refractivity contribution is 0.262. The molecule has 0 atom stereocenters. The number of aromatic amines is 1. The molecule has 0 aliphatic rings. The Bertz CT molecular complexity index is 557. The van der Waals surface area contributed by atoms with Crippen molar-refractivity contribution in [2.24, 2.45) is 0 Å². The number of anilines is 2. The molecule has 0 aliphatic carbocycles. The largest absolute Gasteiger partial charge is 0.466 e. The number of amides is 2. The van der Waals surface area contributed by atoms with Crippen LogP contribution in [0.4, 0.5) is 16.4 Å². The third-order valence-electron chi connectivity index (χ3n) is 2.00. The molecule has 0 unspecified atom stereocenters. The van der Waals surface area contributed by atoms with Gasteiger partial charge < -0.3 is 10.1 Å². The number of aromatic nitrogens is 3. The van der Waals surface area contributed by atoms with E-state index in [9.17, 15) is 4.79 Å². The van der Waals surface area contributed by atoms with E-state index in [0.717, 1.165) is 0 Å². The summed E-state index contributed by atoms with van der Waals surface area (Å²) in [4.78, 5) is 15.5. The number of rotatable bonds is 3. The second-order valence-corrected chi connectivity index (χ2v) is 3.64. The first-order chi connectivity index (χ1) is 8.69. The third-order valence-corrected chi connectivity index (χ3v) is 2.33. The Kier molecular flexibility index (Phi) is 3.63. The van der Waals surface area contributed by atoms with Crippen LogP contribution >= 0.6 is 11.6 Å². The smallest absolute Gasteiger partial charge is 0.336 e. The number of H-pyrrole nitrogens is 1. The number of hydrogen-bond acceptors (Lipinski definition) is 4. The molecule has 2 aromatic rings. The number of benzene rings is 1. The zero-order chi connectivity index (χ0) is 13.0. The zero-order valence-electron chi connectivity index (χ0n) is 9.40. The fraction of sp³-hybridized carbons (Fsp3) is 0.100. The predicted molar refractivity (Wildman–Crippen MR) is 67.0 cm³/mol. The van der Waals surface area contributed by atoms with Crippen LogP contribution in [0.5, 0.6) is 6.01 Å². The van der Waals surface area contributed by atoms with Gasteiger partial charge in [-0.05, 0) is 12.1 Å². The number of hydrogen-bond donors (Lipinski definition) is 3. The summed E-state index contributed by atoms with van der Waals surface area (Å²) in [5.74, 6) is 0.177. The lowest BCUT2D eigenvalue weighted by atomic mass is 10.3. The summed E-state index contributed by atoms with van der Waals surface area (Å²) in [7, 11) is 1.43. The van der Waals surface area contributed by atoms with Crippen LogP contribution in [0.3, 0.4) is 0 Å². The van der Waals surface area contributed by atoms with Gasteiger partial charge in [-0.25, -0.2) is 9.89 Å². The van der Waals surface area contributed by atoms with Crippen molar-refractivity contribution in [2.75, 3.05) is 17.7 Å². The molecule has 1 aromatic carbocycles. The third kappa shape index (κ3) is 2.89. The Balaban J connectivity index is 1.99. The van der Waals surface area contributed by atoms with Crippen LogP contribution in [0.25, 0.3) is 0 Å². The topological polar surface area (TPSA) is 91.9 Å². The molecule has 0 saturated carbocycles. The van der Waals surface area contributed by atoms with Gasteiger partial charge in [0, 0.05) is 0 Å². The molecule has 1 heterocycles. The summed E-state index contributed by atoms with van der Waals surface area (Å²) in [6.45, 7) is 0. The first-order valence-electron chi connectivity index (χ1n) is 4.98. The summed E-state index contributed by atoms with van der Waals surface area (Å²) in [5.41, 5.74) is 0.503. The number of nitrogens with one attached hydrogen (secondary N) is 3. The predicted octanol–water partition coefficient (Wildman–Crippen LogP) is 2.11. The van der Waals surface area contributed by atoms with Gasteiger partial charge in [0.05, 0.1) is 17.8 Å². The van der Waals surface area contributed by atoms with Gasteiger partial charge in [-0.1, -0.05) is 23.7 Å². The number of para-hydroxylation sites is 1. The van der Waals surface area contributed by atoms with Gasteiger partial charge >= 0.3 is 12.0 Å². The second-order valence-electron chi connectivity index (χ2n) is 3.23. The molecule has 0 aliphatic heterocycles. The standard InChI is InChI=1S/C10H10ClN5O2/c1-18-10-14-8(15-16-10)13-9(17)12-7-5-3-2-4-6(7)11/h2-5H,1H3,(H3,12,13,14,15,16,17). The maximum absolute atomic E-state index is 11.6. The van der Waals surface area contributed by atoms with Gasteiger partial charge in [0.25, 0.3) is 0 Å². The molecule has 18 heavy (non-hydrogen) atoms. The molecule has 0 spiro atoms. The van der Waals surface area contributed by atoms with Crippen molar-refractivity contribution in [3.63, 3.8) is 0 Å². The molecule has 0 radical (unpaired) electrons. The number of methoxy groups -OCH3 is 1. The Labute approximate surface area is 108 Å². The summed E-state index contributed by atoms with van der Waals surface area (Å²) < 4.78 is 4.77. The number of halogens is 1. The van der Waals surface area contributed by atoms with Crippen LogP contribution in [-0.2, 0) is 0 Å². The maximum atomic E-state index is 11.6. The minimum atomic E-state index is -0.484. The van der Waals surface area contributed by atoms with E-state index in [1.807, 2.05) is 0 Å². The second kappa shape index (κ2) is 5.37.